The van der Waals surface area contributed by atoms with Gasteiger partial charge in [0.1, 0.15) is 0 Å². The first kappa shape index (κ1) is 8.76. The minimum Gasteiger partial charge on any atom is -0.373 e. The first-order chi connectivity index (χ1) is 6.20. The molecular formula is C12H16O. The topological polar surface area (TPSA) is 9.23 Å². The Kier molecular flexibility index (Phi) is 2.12. The zero-order chi connectivity index (χ0) is 9.42. The van der Waals surface area contributed by atoms with Crippen molar-refractivity contribution in [3.05, 3.63) is 34.9 Å². The predicted molar refractivity (Wildman–Crippen MR) is 53.8 cm³/mol. The summed E-state index contributed by atoms with van der Waals surface area (Å²) < 4.78 is 5.67. The Hall–Kier alpha value is -0.820. The molecule has 0 bridgehead atoms. The fourth-order valence-electron chi connectivity index (χ4n) is 2.12. The Morgan fingerprint density at radius 3 is 2.85 bits per heavy atom. The van der Waals surface area contributed by atoms with E-state index in [9.17, 15) is 0 Å². The molecule has 1 aliphatic heterocycles. The van der Waals surface area contributed by atoms with Crippen LogP contribution in [0.5, 0.6) is 0 Å². The van der Waals surface area contributed by atoms with E-state index < -0.39 is 0 Å². The van der Waals surface area contributed by atoms with Gasteiger partial charge in [-0.05, 0) is 30.5 Å². The number of benzene rings is 1. The van der Waals surface area contributed by atoms with E-state index in [4.69, 9.17) is 4.74 Å². The molecule has 70 valence electrons. The van der Waals surface area contributed by atoms with Crippen LogP contribution < -0.4 is 0 Å². The lowest BCUT2D eigenvalue weighted by Gasteiger charge is -2.30. The van der Waals surface area contributed by atoms with Crippen molar-refractivity contribution in [1.29, 1.82) is 0 Å². The van der Waals surface area contributed by atoms with Crippen molar-refractivity contribution in [1.82, 2.24) is 0 Å². The van der Waals surface area contributed by atoms with Crippen molar-refractivity contribution in [3.8, 4) is 0 Å². The Morgan fingerprint density at radius 1 is 1.31 bits per heavy atom. The molecule has 0 fully saturated rings. The number of rotatable bonds is 0. The van der Waals surface area contributed by atoms with Gasteiger partial charge in [-0.25, -0.2) is 0 Å². The molecule has 1 aromatic carbocycles. The fourth-order valence-corrected chi connectivity index (χ4v) is 2.12. The normalized spacial score (nSPS) is 27.0. The molecule has 0 amide bonds. The third-order valence-corrected chi connectivity index (χ3v) is 3.08. The highest BCUT2D eigenvalue weighted by Gasteiger charge is 2.24. The van der Waals surface area contributed by atoms with Crippen LogP contribution in [0.1, 0.15) is 36.5 Å². The van der Waals surface area contributed by atoms with Crippen molar-refractivity contribution in [3.63, 3.8) is 0 Å². The molecule has 1 aromatic rings. The van der Waals surface area contributed by atoms with Gasteiger partial charge in [-0.1, -0.05) is 25.1 Å². The zero-order valence-corrected chi connectivity index (χ0v) is 8.50. The maximum absolute atomic E-state index is 5.67. The molecular weight excluding hydrogens is 160 g/mol. The lowest BCUT2D eigenvalue weighted by Crippen LogP contribution is -2.24. The summed E-state index contributed by atoms with van der Waals surface area (Å²) in [5.41, 5.74) is 4.27. The van der Waals surface area contributed by atoms with Crippen molar-refractivity contribution >= 4 is 0 Å². The Bertz CT molecular complexity index is 317. The van der Waals surface area contributed by atoms with Gasteiger partial charge in [0.05, 0.1) is 12.7 Å². The zero-order valence-electron chi connectivity index (χ0n) is 8.50. The van der Waals surface area contributed by atoms with Crippen LogP contribution in [0.3, 0.4) is 0 Å². The predicted octanol–water partition coefficient (Wildman–Crippen LogP) is 3.02. The van der Waals surface area contributed by atoms with Crippen LogP contribution in [0, 0.1) is 6.92 Å². The third-order valence-electron chi connectivity index (χ3n) is 3.08. The van der Waals surface area contributed by atoms with Gasteiger partial charge in [0.25, 0.3) is 0 Å². The average Bonchev–Trinajstić information content (AvgIpc) is 2.12. The van der Waals surface area contributed by atoms with Crippen molar-refractivity contribution in [2.75, 3.05) is 0 Å². The Balaban J connectivity index is 2.51. The summed E-state index contributed by atoms with van der Waals surface area (Å²) in [4.78, 5) is 0. The van der Waals surface area contributed by atoms with Crippen molar-refractivity contribution in [2.45, 2.75) is 39.4 Å². The van der Waals surface area contributed by atoms with Crippen LogP contribution in [0.2, 0.25) is 0 Å². The quantitative estimate of drug-likeness (QED) is 0.590. The van der Waals surface area contributed by atoms with Crippen molar-refractivity contribution in [2.24, 2.45) is 0 Å². The second-order valence-electron chi connectivity index (χ2n) is 3.95. The fraction of sp³-hybridized carbons (Fsp3) is 0.500. The summed E-state index contributed by atoms with van der Waals surface area (Å²) >= 11 is 0. The van der Waals surface area contributed by atoms with E-state index in [2.05, 4.69) is 39.0 Å². The van der Waals surface area contributed by atoms with Gasteiger partial charge in [-0.15, -0.1) is 0 Å². The largest absolute Gasteiger partial charge is 0.373 e. The molecule has 0 radical (unpaired) electrons. The monoisotopic (exact) mass is 176 g/mol. The second kappa shape index (κ2) is 3.15. The van der Waals surface area contributed by atoms with E-state index in [-0.39, 0.29) is 0 Å². The van der Waals surface area contributed by atoms with Crippen molar-refractivity contribution < 1.29 is 4.74 Å². The molecule has 13 heavy (non-hydrogen) atoms. The highest BCUT2D eigenvalue weighted by atomic mass is 16.5. The highest BCUT2D eigenvalue weighted by Crippen LogP contribution is 2.32. The molecule has 1 nitrogen and oxygen atoms in total. The van der Waals surface area contributed by atoms with Gasteiger partial charge in [-0.2, -0.15) is 0 Å². The average molecular weight is 176 g/mol. The maximum Gasteiger partial charge on any atom is 0.0723 e. The first-order valence-electron chi connectivity index (χ1n) is 4.90. The molecule has 0 N–H and O–H groups in total. The smallest absolute Gasteiger partial charge is 0.0723 e. The van der Waals surface area contributed by atoms with E-state index in [1.807, 2.05) is 0 Å². The summed E-state index contributed by atoms with van der Waals surface area (Å²) in [6.45, 7) is 7.37. The van der Waals surface area contributed by atoms with E-state index in [0.29, 0.717) is 12.0 Å². The van der Waals surface area contributed by atoms with Crippen LogP contribution in [0.15, 0.2) is 18.2 Å². The van der Waals surface area contributed by atoms with Gasteiger partial charge in [0.15, 0.2) is 0 Å². The number of aryl methyl sites for hydroxylation is 1. The minimum atomic E-state index is 0.355. The molecule has 2 atom stereocenters. The van der Waals surface area contributed by atoms with E-state index in [0.717, 1.165) is 6.61 Å². The van der Waals surface area contributed by atoms with Gasteiger partial charge < -0.3 is 4.74 Å². The number of fused-ring (bicyclic) bond motifs is 1. The number of hydrogen-bond donors (Lipinski definition) is 0. The second-order valence-corrected chi connectivity index (χ2v) is 3.95. The van der Waals surface area contributed by atoms with Gasteiger partial charge >= 0.3 is 0 Å². The molecule has 0 aromatic heterocycles. The number of hydrogen-bond acceptors (Lipinski definition) is 1. The third kappa shape index (κ3) is 1.37. The van der Waals surface area contributed by atoms with Gasteiger partial charge in [0.2, 0.25) is 0 Å². The van der Waals surface area contributed by atoms with Crippen LogP contribution in [0.25, 0.3) is 0 Å². The molecule has 0 saturated carbocycles. The first-order valence-corrected chi connectivity index (χ1v) is 4.90. The molecule has 2 rings (SSSR count). The molecule has 0 spiro atoms. The van der Waals surface area contributed by atoms with E-state index >= 15 is 0 Å². The lowest BCUT2D eigenvalue weighted by molar-refractivity contribution is 0.0239. The SMILES string of the molecule is Cc1cccc2c1C(C)[C@@H](C)OC2. The summed E-state index contributed by atoms with van der Waals surface area (Å²) in [5.74, 6) is 0.532. The summed E-state index contributed by atoms with van der Waals surface area (Å²) in [6, 6.07) is 6.47. The standard InChI is InChI=1S/C12H16O/c1-8-5-4-6-11-7-13-10(3)9(2)12(8)11/h4-6,9-10H,7H2,1-3H3/t9?,10-/m1/s1. The Morgan fingerprint density at radius 2 is 2.08 bits per heavy atom. The Labute approximate surface area is 79.7 Å². The molecule has 1 aliphatic rings. The van der Waals surface area contributed by atoms with E-state index in [1.54, 1.807) is 0 Å². The molecule has 1 heterocycles. The molecule has 1 heteroatoms. The molecule has 0 aliphatic carbocycles. The minimum absolute atomic E-state index is 0.355. The van der Waals surface area contributed by atoms with E-state index in [1.165, 1.54) is 16.7 Å². The summed E-state index contributed by atoms with van der Waals surface area (Å²) in [6.07, 6.45) is 0.355. The highest BCUT2D eigenvalue weighted by molar-refractivity contribution is 5.38. The van der Waals surface area contributed by atoms with Crippen LogP contribution in [-0.4, -0.2) is 6.10 Å². The number of ether oxygens (including phenoxy) is 1. The van der Waals surface area contributed by atoms with Crippen LogP contribution in [-0.2, 0) is 11.3 Å². The van der Waals surface area contributed by atoms with Gasteiger partial charge in [-0.3, -0.25) is 0 Å². The van der Waals surface area contributed by atoms with Crippen LogP contribution in [0.4, 0.5) is 0 Å². The summed E-state index contributed by atoms with van der Waals surface area (Å²) in [7, 11) is 0. The summed E-state index contributed by atoms with van der Waals surface area (Å²) in [5, 5.41) is 0. The molecule has 0 saturated heterocycles. The maximum atomic E-state index is 5.67. The lowest BCUT2D eigenvalue weighted by atomic mass is 9.86. The van der Waals surface area contributed by atoms with Gasteiger partial charge in [0, 0.05) is 5.92 Å². The molecule has 1 unspecified atom stereocenters. The van der Waals surface area contributed by atoms with Crippen LogP contribution >= 0.6 is 0 Å².